The lowest BCUT2D eigenvalue weighted by Gasteiger charge is -2.34. The number of benzene rings is 2. The Morgan fingerprint density at radius 3 is 2.66 bits per heavy atom. The Morgan fingerprint density at radius 1 is 1.12 bits per heavy atom. The standard InChI is InChI=1S/C25H26N4O2S/c1-3-32-25-27-24-26-20-13-16(2)14-21(30)22(20)23(29(24)28-25)18-9-11-19(12-10-18)31-15-17-7-5-4-6-8-17/h4-12,16,23H,3,13-15H2,1-2H3,(H,26,27,28). The summed E-state index contributed by atoms with van der Waals surface area (Å²) in [5.74, 6) is 2.90. The molecule has 7 heteroatoms. The second-order valence-corrected chi connectivity index (χ2v) is 9.53. The fourth-order valence-corrected chi connectivity index (χ4v) is 4.93. The summed E-state index contributed by atoms with van der Waals surface area (Å²) >= 11 is 1.60. The summed E-state index contributed by atoms with van der Waals surface area (Å²) in [6.45, 7) is 4.72. The highest BCUT2D eigenvalue weighted by Gasteiger charge is 2.38. The molecule has 2 atom stereocenters. The SMILES string of the molecule is CCSc1nc2n(n1)C(c1ccc(OCc3ccccc3)cc1)C1=C(CC(C)CC1=O)N2. The van der Waals surface area contributed by atoms with Crippen LogP contribution in [0.3, 0.4) is 0 Å². The highest BCUT2D eigenvalue weighted by atomic mass is 32.2. The molecule has 0 amide bonds. The van der Waals surface area contributed by atoms with Crippen LogP contribution in [0.1, 0.15) is 43.9 Å². The van der Waals surface area contributed by atoms with Crippen molar-refractivity contribution < 1.29 is 9.53 Å². The molecule has 1 aromatic heterocycles. The van der Waals surface area contributed by atoms with Crippen molar-refractivity contribution in [2.24, 2.45) is 5.92 Å². The number of rotatable bonds is 6. The number of hydrogen-bond donors (Lipinski definition) is 1. The molecule has 1 aliphatic carbocycles. The largest absolute Gasteiger partial charge is 0.489 e. The molecule has 0 saturated carbocycles. The Kier molecular flexibility index (Phi) is 5.74. The zero-order chi connectivity index (χ0) is 22.1. The lowest BCUT2D eigenvalue weighted by atomic mass is 9.81. The van der Waals surface area contributed by atoms with Gasteiger partial charge in [-0.3, -0.25) is 4.79 Å². The molecule has 2 aliphatic rings. The van der Waals surface area contributed by atoms with Crippen molar-refractivity contribution in [3.05, 3.63) is 77.0 Å². The first-order valence-electron chi connectivity index (χ1n) is 11.0. The van der Waals surface area contributed by atoms with Gasteiger partial charge in [0.15, 0.2) is 5.78 Å². The third kappa shape index (κ3) is 4.05. The minimum absolute atomic E-state index is 0.187. The zero-order valence-corrected chi connectivity index (χ0v) is 19.1. The van der Waals surface area contributed by atoms with Crippen LogP contribution < -0.4 is 10.1 Å². The normalized spacial score (nSPS) is 19.9. The number of carbonyl (C=O) groups is 1. The maximum atomic E-state index is 13.1. The molecular weight excluding hydrogens is 420 g/mol. The van der Waals surface area contributed by atoms with E-state index in [0.717, 1.165) is 45.5 Å². The summed E-state index contributed by atoms with van der Waals surface area (Å²) in [6.07, 6.45) is 1.41. The monoisotopic (exact) mass is 446 g/mol. The maximum absolute atomic E-state index is 13.1. The average Bonchev–Trinajstić information content (AvgIpc) is 3.19. The van der Waals surface area contributed by atoms with Gasteiger partial charge in [-0.1, -0.05) is 68.1 Å². The first-order valence-corrected chi connectivity index (χ1v) is 12.0. The van der Waals surface area contributed by atoms with Gasteiger partial charge in [0.25, 0.3) is 0 Å². The zero-order valence-electron chi connectivity index (χ0n) is 18.2. The van der Waals surface area contributed by atoms with Crippen LogP contribution in [0.25, 0.3) is 0 Å². The van der Waals surface area contributed by atoms with E-state index in [0.29, 0.717) is 24.9 Å². The van der Waals surface area contributed by atoms with Gasteiger partial charge in [-0.05, 0) is 41.4 Å². The fourth-order valence-electron chi connectivity index (χ4n) is 4.37. The van der Waals surface area contributed by atoms with Crippen molar-refractivity contribution in [2.45, 2.75) is 44.5 Å². The van der Waals surface area contributed by atoms with Crippen LogP contribution in [0.5, 0.6) is 5.75 Å². The van der Waals surface area contributed by atoms with E-state index in [9.17, 15) is 4.79 Å². The number of thioether (sulfide) groups is 1. The number of ether oxygens (including phenoxy) is 1. The molecule has 0 spiro atoms. The molecule has 1 aliphatic heterocycles. The summed E-state index contributed by atoms with van der Waals surface area (Å²) < 4.78 is 7.82. The number of ketones is 1. The second kappa shape index (κ2) is 8.82. The predicted octanol–water partition coefficient (Wildman–Crippen LogP) is 5.24. The molecule has 1 N–H and O–H groups in total. The highest BCUT2D eigenvalue weighted by molar-refractivity contribution is 7.99. The fraction of sp³-hybridized carbons (Fsp3) is 0.320. The first-order chi connectivity index (χ1) is 15.6. The van der Waals surface area contributed by atoms with E-state index >= 15 is 0 Å². The number of fused-ring (bicyclic) bond motifs is 1. The summed E-state index contributed by atoms with van der Waals surface area (Å²) in [7, 11) is 0. The van der Waals surface area contributed by atoms with Crippen LogP contribution in [0, 0.1) is 5.92 Å². The van der Waals surface area contributed by atoms with Crippen LogP contribution in [-0.2, 0) is 11.4 Å². The smallest absolute Gasteiger partial charge is 0.227 e. The Hall–Kier alpha value is -3.06. The highest BCUT2D eigenvalue weighted by Crippen LogP contribution is 2.42. The number of anilines is 1. The molecule has 5 rings (SSSR count). The van der Waals surface area contributed by atoms with Crippen LogP contribution in [0.15, 0.2) is 71.0 Å². The molecule has 0 saturated heterocycles. The molecule has 6 nitrogen and oxygen atoms in total. The molecule has 3 aromatic rings. The molecule has 0 fully saturated rings. The maximum Gasteiger partial charge on any atom is 0.227 e. The van der Waals surface area contributed by atoms with Gasteiger partial charge in [0, 0.05) is 17.7 Å². The Bertz CT molecular complexity index is 1150. The molecular formula is C25H26N4O2S. The van der Waals surface area contributed by atoms with Crippen LogP contribution >= 0.6 is 11.8 Å². The summed E-state index contributed by atoms with van der Waals surface area (Å²) in [5, 5.41) is 8.85. The van der Waals surface area contributed by atoms with E-state index in [1.165, 1.54) is 0 Å². The van der Waals surface area contributed by atoms with Crippen molar-refractivity contribution >= 4 is 23.5 Å². The van der Waals surface area contributed by atoms with Crippen molar-refractivity contribution in [3.63, 3.8) is 0 Å². The van der Waals surface area contributed by atoms with E-state index in [-0.39, 0.29) is 11.8 Å². The van der Waals surface area contributed by atoms with Gasteiger partial charge >= 0.3 is 0 Å². The molecule has 2 unspecified atom stereocenters. The van der Waals surface area contributed by atoms with Gasteiger partial charge in [-0.2, -0.15) is 4.98 Å². The van der Waals surface area contributed by atoms with Gasteiger partial charge in [0.05, 0.1) is 0 Å². The third-order valence-corrected chi connectivity index (χ3v) is 6.54. The van der Waals surface area contributed by atoms with Crippen LogP contribution in [-0.4, -0.2) is 26.3 Å². The van der Waals surface area contributed by atoms with Crippen LogP contribution in [0.2, 0.25) is 0 Å². The Balaban J connectivity index is 1.46. The Morgan fingerprint density at radius 2 is 1.91 bits per heavy atom. The number of aromatic nitrogens is 3. The van der Waals surface area contributed by atoms with E-state index < -0.39 is 0 Å². The van der Waals surface area contributed by atoms with Gasteiger partial charge in [0.1, 0.15) is 18.4 Å². The quantitative estimate of drug-likeness (QED) is 0.523. The van der Waals surface area contributed by atoms with Crippen molar-refractivity contribution in [1.29, 1.82) is 0 Å². The molecule has 2 aromatic carbocycles. The molecule has 32 heavy (non-hydrogen) atoms. The van der Waals surface area contributed by atoms with E-state index in [1.54, 1.807) is 11.8 Å². The van der Waals surface area contributed by atoms with E-state index in [4.69, 9.17) is 9.84 Å². The number of nitrogens with one attached hydrogen (secondary N) is 1. The predicted molar refractivity (Wildman–Crippen MR) is 126 cm³/mol. The second-order valence-electron chi connectivity index (χ2n) is 8.30. The summed E-state index contributed by atoms with van der Waals surface area (Å²) in [5.41, 5.74) is 3.93. The van der Waals surface area contributed by atoms with Crippen LogP contribution in [0.4, 0.5) is 5.95 Å². The molecule has 2 heterocycles. The number of hydrogen-bond acceptors (Lipinski definition) is 6. The van der Waals surface area contributed by atoms with Gasteiger partial charge in [-0.25, -0.2) is 4.68 Å². The van der Waals surface area contributed by atoms with Gasteiger partial charge in [-0.15, -0.1) is 5.10 Å². The lowest BCUT2D eigenvalue weighted by molar-refractivity contribution is -0.117. The van der Waals surface area contributed by atoms with Crippen molar-refractivity contribution in [2.75, 3.05) is 11.1 Å². The third-order valence-electron chi connectivity index (χ3n) is 5.82. The number of nitrogens with zero attached hydrogens (tertiary/aromatic N) is 3. The minimum atomic E-state index is -0.275. The van der Waals surface area contributed by atoms with E-state index in [1.807, 2.05) is 59.3 Å². The van der Waals surface area contributed by atoms with Crippen molar-refractivity contribution in [1.82, 2.24) is 14.8 Å². The number of Topliss-reactive ketones (excluding diaryl/α,β-unsaturated/α-hetero) is 1. The molecule has 0 radical (unpaired) electrons. The first kappa shape index (κ1) is 20.8. The average molecular weight is 447 g/mol. The number of allylic oxidation sites excluding steroid dienone is 2. The minimum Gasteiger partial charge on any atom is -0.489 e. The number of carbonyl (C=O) groups excluding carboxylic acids is 1. The summed E-state index contributed by atoms with van der Waals surface area (Å²) in [4.78, 5) is 17.8. The van der Waals surface area contributed by atoms with Gasteiger partial charge < -0.3 is 10.1 Å². The van der Waals surface area contributed by atoms with Crippen molar-refractivity contribution in [3.8, 4) is 5.75 Å². The van der Waals surface area contributed by atoms with Gasteiger partial charge in [0.2, 0.25) is 11.1 Å². The Labute approximate surface area is 192 Å². The van der Waals surface area contributed by atoms with E-state index in [2.05, 4.69) is 24.1 Å². The molecule has 164 valence electrons. The lowest BCUT2D eigenvalue weighted by Crippen LogP contribution is -2.33. The molecule has 0 bridgehead atoms. The summed E-state index contributed by atoms with van der Waals surface area (Å²) in [6, 6.07) is 17.8. The topological polar surface area (TPSA) is 69.0 Å².